The Bertz CT molecular complexity index is 769. The van der Waals surface area contributed by atoms with E-state index in [0.29, 0.717) is 12.5 Å². The molecule has 1 fully saturated rings. The Balaban J connectivity index is 1.65. The van der Waals surface area contributed by atoms with Crippen LogP contribution < -0.4 is 15.4 Å². The number of anilines is 2. The molecule has 2 aromatic rings. The second-order valence-corrected chi connectivity index (χ2v) is 6.70. The molecule has 1 aliphatic rings. The number of nitrogens with one attached hydrogen (secondary N) is 2. The minimum absolute atomic E-state index is 0.0498. The number of methoxy groups -OCH3 is 1. The van der Waals surface area contributed by atoms with Crippen molar-refractivity contribution in [3.8, 4) is 11.8 Å². The molecule has 1 heterocycles. The van der Waals surface area contributed by atoms with Gasteiger partial charge in [0.2, 0.25) is 5.95 Å². The van der Waals surface area contributed by atoms with E-state index in [4.69, 9.17) is 4.74 Å². The maximum atomic E-state index is 9.37. The highest BCUT2D eigenvalue weighted by Gasteiger charge is 2.25. The first-order valence-corrected chi connectivity index (χ1v) is 9.06. The molecule has 2 atom stereocenters. The summed E-state index contributed by atoms with van der Waals surface area (Å²) in [6, 6.07) is 10.5. The maximum absolute atomic E-state index is 9.37. The van der Waals surface area contributed by atoms with Crippen LogP contribution in [0.4, 0.5) is 11.8 Å². The topological polar surface area (TPSA) is 82.9 Å². The summed E-state index contributed by atoms with van der Waals surface area (Å²) in [5.41, 5.74) is 2.11. The fraction of sp³-hybridized carbons (Fsp3) is 0.450. The van der Waals surface area contributed by atoms with E-state index in [2.05, 4.69) is 26.7 Å². The van der Waals surface area contributed by atoms with Gasteiger partial charge in [0, 0.05) is 24.3 Å². The Labute approximate surface area is 154 Å². The van der Waals surface area contributed by atoms with Crippen LogP contribution >= 0.6 is 0 Å². The molecule has 0 unspecified atom stereocenters. The Hall–Kier alpha value is -2.81. The lowest BCUT2D eigenvalue weighted by Crippen LogP contribution is -2.32. The van der Waals surface area contributed by atoms with E-state index in [1.165, 1.54) is 0 Å². The average molecular weight is 351 g/mol. The highest BCUT2D eigenvalue weighted by molar-refractivity contribution is 5.47. The average Bonchev–Trinajstić information content (AvgIpc) is 2.69. The third-order valence-corrected chi connectivity index (χ3v) is 4.84. The highest BCUT2D eigenvalue weighted by Crippen LogP contribution is 2.27. The van der Waals surface area contributed by atoms with Crippen LogP contribution in [0.3, 0.4) is 0 Å². The second kappa shape index (κ2) is 8.52. The summed E-state index contributed by atoms with van der Waals surface area (Å²) in [4.78, 5) is 8.98. The first kappa shape index (κ1) is 18.0. The normalized spacial score (nSPS) is 19.4. The third kappa shape index (κ3) is 4.42. The van der Waals surface area contributed by atoms with Crippen molar-refractivity contribution in [2.75, 3.05) is 17.7 Å². The minimum atomic E-state index is 0.0498. The number of aryl methyl sites for hydroxylation is 1. The monoisotopic (exact) mass is 351 g/mol. The minimum Gasteiger partial charge on any atom is -0.497 e. The van der Waals surface area contributed by atoms with Gasteiger partial charge in [-0.05, 0) is 37.5 Å². The van der Waals surface area contributed by atoms with Crippen molar-refractivity contribution in [3.63, 3.8) is 0 Å². The van der Waals surface area contributed by atoms with Crippen LogP contribution in [0.2, 0.25) is 0 Å². The van der Waals surface area contributed by atoms with Crippen LogP contribution in [0.15, 0.2) is 30.5 Å². The highest BCUT2D eigenvalue weighted by atomic mass is 16.5. The second-order valence-electron chi connectivity index (χ2n) is 6.70. The lowest BCUT2D eigenvalue weighted by molar-refractivity contribution is 0.388. The van der Waals surface area contributed by atoms with Crippen molar-refractivity contribution in [1.29, 1.82) is 5.26 Å². The zero-order valence-electron chi connectivity index (χ0n) is 15.3. The van der Waals surface area contributed by atoms with Crippen LogP contribution in [0, 0.1) is 24.2 Å². The molecule has 136 valence electrons. The fourth-order valence-corrected chi connectivity index (χ4v) is 3.23. The number of benzene rings is 1. The quantitative estimate of drug-likeness (QED) is 0.821. The summed E-state index contributed by atoms with van der Waals surface area (Å²) >= 11 is 0. The van der Waals surface area contributed by atoms with Crippen LogP contribution in [0.1, 0.15) is 36.8 Å². The summed E-state index contributed by atoms with van der Waals surface area (Å²) in [5.74, 6) is 2.28. The van der Waals surface area contributed by atoms with Gasteiger partial charge in [-0.15, -0.1) is 0 Å². The molecular formula is C20H25N5O. The number of hydrogen-bond acceptors (Lipinski definition) is 6. The van der Waals surface area contributed by atoms with Crippen LogP contribution in [0.25, 0.3) is 0 Å². The van der Waals surface area contributed by atoms with Crippen molar-refractivity contribution in [3.05, 3.63) is 41.6 Å². The standard InChI is InChI=1S/C20H25N5O/c1-14-12-22-20(23-13-15-7-9-17(26-2)10-8-15)25-19(14)24-18-6-4-3-5-16(18)11-21/h7-10,12,16,18H,3-6,13H2,1-2H3,(H2,22,23,24,25)/t16-,18+/m0/s1. The van der Waals surface area contributed by atoms with E-state index >= 15 is 0 Å². The van der Waals surface area contributed by atoms with E-state index in [0.717, 1.165) is 48.4 Å². The van der Waals surface area contributed by atoms with Gasteiger partial charge in [0.1, 0.15) is 11.6 Å². The molecule has 3 rings (SSSR count). The van der Waals surface area contributed by atoms with E-state index < -0.39 is 0 Å². The van der Waals surface area contributed by atoms with Gasteiger partial charge in [-0.2, -0.15) is 10.2 Å². The van der Waals surface area contributed by atoms with Gasteiger partial charge in [-0.3, -0.25) is 0 Å². The molecule has 6 heteroatoms. The predicted molar refractivity (Wildman–Crippen MR) is 102 cm³/mol. The van der Waals surface area contributed by atoms with Gasteiger partial charge in [0.15, 0.2) is 0 Å². The summed E-state index contributed by atoms with van der Waals surface area (Å²) in [7, 11) is 1.66. The smallest absolute Gasteiger partial charge is 0.224 e. The molecule has 0 saturated heterocycles. The van der Waals surface area contributed by atoms with Gasteiger partial charge in [-0.1, -0.05) is 25.0 Å². The molecule has 6 nitrogen and oxygen atoms in total. The molecule has 1 aromatic carbocycles. The summed E-state index contributed by atoms with van der Waals surface area (Å²) < 4.78 is 5.17. The Morgan fingerprint density at radius 3 is 2.73 bits per heavy atom. The van der Waals surface area contributed by atoms with Gasteiger partial charge in [0.25, 0.3) is 0 Å². The Kier molecular flexibility index (Phi) is 5.90. The lowest BCUT2D eigenvalue weighted by atomic mass is 9.85. The van der Waals surface area contributed by atoms with Crippen molar-refractivity contribution >= 4 is 11.8 Å². The van der Waals surface area contributed by atoms with Crippen LogP contribution in [-0.2, 0) is 6.54 Å². The van der Waals surface area contributed by atoms with E-state index in [-0.39, 0.29) is 12.0 Å². The van der Waals surface area contributed by atoms with Gasteiger partial charge >= 0.3 is 0 Å². The number of hydrogen-bond donors (Lipinski definition) is 2. The molecule has 0 spiro atoms. The number of ether oxygens (including phenoxy) is 1. The van der Waals surface area contributed by atoms with E-state index in [9.17, 15) is 5.26 Å². The van der Waals surface area contributed by atoms with Crippen molar-refractivity contribution in [1.82, 2.24) is 9.97 Å². The van der Waals surface area contributed by atoms with Crippen LogP contribution in [0.5, 0.6) is 5.75 Å². The summed E-state index contributed by atoms with van der Waals surface area (Å²) in [6.07, 6.45) is 6.07. The number of nitrogens with zero attached hydrogens (tertiary/aromatic N) is 3. The Morgan fingerprint density at radius 2 is 2.00 bits per heavy atom. The number of nitriles is 1. The molecule has 1 aromatic heterocycles. The van der Waals surface area contributed by atoms with Crippen LogP contribution in [-0.4, -0.2) is 23.1 Å². The zero-order valence-corrected chi connectivity index (χ0v) is 15.3. The van der Waals surface area contributed by atoms with Crippen molar-refractivity contribution in [2.24, 2.45) is 5.92 Å². The van der Waals surface area contributed by atoms with Crippen molar-refractivity contribution < 1.29 is 4.74 Å². The molecule has 0 amide bonds. The Morgan fingerprint density at radius 1 is 1.23 bits per heavy atom. The van der Waals surface area contributed by atoms with Gasteiger partial charge in [-0.25, -0.2) is 4.98 Å². The van der Waals surface area contributed by atoms with Crippen molar-refractivity contribution in [2.45, 2.75) is 45.2 Å². The number of aromatic nitrogens is 2. The first-order valence-electron chi connectivity index (χ1n) is 9.06. The summed E-state index contributed by atoms with van der Waals surface area (Å²) in [6.45, 7) is 2.62. The molecule has 0 aliphatic heterocycles. The predicted octanol–water partition coefficient (Wildman–Crippen LogP) is 3.90. The van der Waals surface area contributed by atoms with E-state index in [1.54, 1.807) is 7.11 Å². The molecule has 0 radical (unpaired) electrons. The zero-order chi connectivity index (χ0) is 18.4. The molecule has 1 aliphatic carbocycles. The fourth-order valence-electron chi connectivity index (χ4n) is 3.23. The maximum Gasteiger partial charge on any atom is 0.224 e. The van der Waals surface area contributed by atoms with Gasteiger partial charge in [0.05, 0.1) is 19.1 Å². The molecule has 26 heavy (non-hydrogen) atoms. The molecule has 0 bridgehead atoms. The number of rotatable bonds is 6. The third-order valence-electron chi connectivity index (χ3n) is 4.84. The molecular weight excluding hydrogens is 326 g/mol. The summed E-state index contributed by atoms with van der Waals surface area (Å²) in [5, 5.41) is 16.1. The van der Waals surface area contributed by atoms with E-state index in [1.807, 2.05) is 37.4 Å². The molecule has 1 saturated carbocycles. The van der Waals surface area contributed by atoms with Gasteiger partial charge < -0.3 is 15.4 Å². The first-order chi connectivity index (χ1) is 12.7. The SMILES string of the molecule is COc1ccc(CNc2ncc(C)c(N[C@@H]3CCCC[C@H]3C#N)n2)cc1. The lowest BCUT2D eigenvalue weighted by Gasteiger charge is -2.28. The molecule has 2 N–H and O–H groups in total. The largest absolute Gasteiger partial charge is 0.497 e.